The number of hydrogen-bond donors (Lipinski definition) is 5. The molecule has 12 nitrogen and oxygen atoms in total. The molecule has 3 saturated heterocycles. The molecule has 4 rings (SSSR count). The molecule has 0 radical (unpaired) electrons. The topological polar surface area (TPSA) is 159 Å². The lowest BCUT2D eigenvalue weighted by Crippen LogP contribution is -2.59. The fourth-order valence-electron chi connectivity index (χ4n) is 9.64. The molecule has 3 aliphatic heterocycles. The molecule has 5 N–H and O–H groups in total. The molecular formula is C39H72N2O10. The molecule has 0 unspecified atom stereocenters. The summed E-state index contributed by atoms with van der Waals surface area (Å²) in [5, 5.41) is 50.3. The van der Waals surface area contributed by atoms with Crippen molar-refractivity contribution in [2.45, 2.75) is 193 Å². The van der Waals surface area contributed by atoms with Gasteiger partial charge in [0.2, 0.25) is 0 Å². The highest BCUT2D eigenvalue weighted by molar-refractivity contribution is 5.73. The van der Waals surface area contributed by atoms with E-state index in [1.54, 1.807) is 27.7 Å². The number of aliphatic hydroxyl groups is 4. The van der Waals surface area contributed by atoms with E-state index < -0.39 is 78.1 Å². The second-order valence-electron chi connectivity index (χ2n) is 18.2. The minimum Gasteiger partial charge on any atom is -0.459 e. The lowest BCUT2D eigenvalue weighted by molar-refractivity contribution is -0.311. The number of likely N-dealkylation sites (N-methyl/N-ethyl adjacent to an activating group) is 1. The molecule has 1 spiro atoms. The van der Waals surface area contributed by atoms with Crippen molar-refractivity contribution in [3.63, 3.8) is 0 Å². The molecule has 51 heavy (non-hydrogen) atoms. The van der Waals surface area contributed by atoms with Gasteiger partial charge in [-0.2, -0.15) is 0 Å². The van der Waals surface area contributed by atoms with Gasteiger partial charge >= 0.3 is 5.97 Å². The smallest absolute Gasteiger partial charge is 0.311 e. The molecule has 4 fully saturated rings. The highest BCUT2D eigenvalue weighted by Gasteiger charge is 2.62. The molecule has 16 atom stereocenters. The lowest BCUT2D eigenvalue weighted by Gasteiger charge is -2.50. The Balaban J connectivity index is 1.78. The maximum atomic E-state index is 14.2. The number of carbonyl (C=O) groups is 1. The van der Waals surface area contributed by atoms with Crippen molar-refractivity contribution in [2.24, 2.45) is 28.6 Å². The van der Waals surface area contributed by atoms with Crippen LogP contribution in [0, 0.1) is 28.6 Å². The van der Waals surface area contributed by atoms with Crippen LogP contribution >= 0.6 is 0 Å². The van der Waals surface area contributed by atoms with Gasteiger partial charge in [0.15, 0.2) is 12.6 Å². The van der Waals surface area contributed by atoms with Crippen LogP contribution in [0.4, 0.5) is 0 Å². The Kier molecular flexibility index (Phi) is 13.5. The number of ether oxygens (including phenoxy) is 5. The van der Waals surface area contributed by atoms with E-state index in [4.69, 9.17) is 23.7 Å². The van der Waals surface area contributed by atoms with E-state index in [0.717, 1.165) is 12.8 Å². The van der Waals surface area contributed by atoms with E-state index in [0.29, 0.717) is 19.4 Å². The minimum absolute atomic E-state index is 0.0483. The van der Waals surface area contributed by atoms with Crippen molar-refractivity contribution in [3.05, 3.63) is 0 Å². The first kappa shape index (κ1) is 42.8. The first-order valence-corrected chi connectivity index (χ1v) is 19.5. The van der Waals surface area contributed by atoms with Crippen LogP contribution in [0.25, 0.3) is 0 Å². The molecule has 12 heteroatoms. The molecule has 1 aliphatic carbocycles. The highest BCUT2D eigenvalue weighted by Crippen LogP contribution is 2.65. The van der Waals surface area contributed by atoms with Gasteiger partial charge < -0.3 is 54.3 Å². The Morgan fingerprint density at radius 3 is 2.12 bits per heavy atom. The summed E-state index contributed by atoms with van der Waals surface area (Å²) in [6.07, 6.45) is -3.05. The van der Waals surface area contributed by atoms with Crippen molar-refractivity contribution in [3.8, 4) is 0 Å². The molecule has 0 bridgehead atoms. The maximum absolute atomic E-state index is 14.2. The zero-order valence-electron chi connectivity index (χ0n) is 33.7. The van der Waals surface area contributed by atoms with Crippen LogP contribution in [0.2, 0.25) is 0 Å². The number of nitrogens with zero attached hydrogens (tertiary/aromatic N) is 1. The van der Waals surface area contributed by atoms with Crippen molar-refractivity contribution < 1.29 is 48.9 Å². The SMILES string of the molecule is CC[C@H]1OC(=O)[C@H](C)[C@@H](O[C@H]2CC(C)(C)C3(CC3)[C@H](C)O2)[C@H](C)[C@@H](O[C@@H]2O[C@H](C)C[C@H](N(C)C)[C@H]2O)[C@](C)(O)C[C@@H](C)CN[C@H](C)[C@@H](O)[C@]1(C)O. The van der Waals surface area contributed by atoms with Crippen LogP contribution in [0.5, 0.6) is 0 Å². The van der Waals surface area contributed by atoms with Crippen LogP contribution in [0.3, 0.4) is 0 Å². The van der Waals surface area contributed by atoms with Crippen molar-refractivity contribution in [1.82, 2.24) is 10.2 Å². The van der Waals surface area contributed by atoms with E-state index in [9.17, 15) is 25.2 Å². The van der Waals surface area contributed by atoms with Gasteiger partial charge in [0, 0.05) is 29.8 Å². The van der Waals surface area contributed by atoms with Gasteiger partial charge in [0.25, 0.3) is 0 Å². The summed E-state index contributed by atoms with van der Waals surface area (Å²) >= 11 is 0. The number of nitrogens with one attached hydrogen (secondary N) is 1. The summed E-state index contributed by atoms with van der Waals surface area (Å²) in [4.78, 5) is 16.2. The Morgan fingerprint density at radius 1 is 0.941 bits per heavy atom. The maximum Gasteiger partial charge on any atom is 0.311 e. The molecule has 3 heterocycles. The van der Waals surface area contributed by atoms with Crippen LogP contribution in [-0.4, -0.2) is 131 Å². The van der Waals surface area contributed by atoms with Gasteiger partial charge in [0.05, 0.1) is 35.9 Å². The summed E-state index contributed by atoms with van der Waals surface area (Å²) < 4.78 is 32.5. The van der Waals surface area contributed by atoms with Gasteiger partial charge in [-0.25, -0.2) is 0 Å². The van der Waals surface area contributed by atoms with E-state index in [1.807, 2.05) is 39.8 Å². The Bertz CT molecular complexity index is 1160. The second-order valence-corrected chi connectivity index (χ2v) is 18.2. The van der Waals surface area contributed by atoms with E-state index in [1.165, 1.54) is 6.92 Å². The third-order valence-corrected chi connectivity index (χ3v) is 13.2. The van der Waals surface area contributed by atoms with Crippen molar-refractivity contribution in [2.75, 3.05) is 20.6 Å². The monoisotopic (exact) mass is 729 g/mol. The predicted molar refractivity (Wildman–Crippen MR) is 194 cm³/mol. The molecule has 0 aromatic rings. The quantitative estimate of drug-likeness (QED) is 0.254. The minimum atomic E-state index is -1.75. The lowest BCUT2D eigenvalue weighted by atomic mass is 9.68. The van der Waals surface area contributed by atoms with Crippen molar-refractivity contribution >= 4 is 5.97 Å². The standard InChI is InChI=1S/C39H72N2O10/c1-14-28-38(11,46)32(43)25(6)40-20-21(2)18-37(10,45)33(51-35-30(42)27(41(12)13)17-22(3)47-35)23(4)31(24(5)34(44)49-28)50-29-19-36(8,9)39(15-16-39)26(7)48-29/h21-33,35,40,42-43,45-46H,14-20H2,1-13H3/t21-,22-,23+,24-,25-,26+,27+,28-,29+,30-,31+,32-,33-,35+,37-,38-/m1/s1. The summed E-state index contributed by atoms with van der Waals surface area (Å²) in [7, 11) is 3.82. The number of esters is 1. The number of carbonyl (C=O) groups excluding carboxylic acids is 1. The average molecular weight is 729 g/mol. The van der Waals surface area contributed by atoms with E-state index in [2.05, 4.69) is 26.1 Å². The Hall–Kier alpha value is -0.930. The second kappa shape index (κ2) is 16.0. The van der Waals surface area contributed by atoms with Crippen LogP contribution in [-0.2, 0) is 28.5 Å². The fourth-order valence-corrected chi connectivity index (χ4v) is 9.64. The number of aliphatic hydroxyl groups excluding tert-OH is 2. The van der Waals surface area contributed by atoms with Crippen LogP contribution in [0.1, 0.15) is 115 Å². The Morgan fingerprint density at radius 2 is 1.57 bits per heavy atom. The molecule has 0 aromatic heterocycles. The molecule has 0 amide bonds. The third-order valence-electron chi connectivity index (χ3n) is 13.2. The van der Waals surface area contributed by atoms with E-state index in [-0.39, 0.29) is 47.8 Å². The first-order valence-electron chi connectivity index (χ1n) is 19.5. The van der Waals surface area contributed by atoms with Crippen molar-refractivity contribution in [1.29, 1.82) is 0 Å². The first-order chi connectivity index (χ1) is 23.5. The Labute approximate surface area is 307 Å². The van der Waals surface area contributed by atoms with Gasteiger partial charge in [-0.1, -0.05) is 34.6 Å². The molecule has 0 aromatic carbocycles. The largest absolute Gasteiger partial charge is 0.459 e. The van der Waals surface area contributed by atoms with Gasteiger partial charge in [-0.15, -0.1) is 0 Å². The summed E-state index contributed by atoms with van der Waals surface area (Å²) in [6.45, 7) is 21.4. The van der Waals surface area contributed by atoms with E-state index >= 15 is 0 Å². The molecule has 298 valence electrons. The number of cyclic esters (lactones) is 1. The predicted octanol–water partition coefficient (Wildman–Crippen LogP) is 3.60. The van der Waals surface area contributed by atoms with Gasteiger partial charge in [-0.3, -0.25) is 4.79 Å². The molecule has 1 saturated carbocycles. The number of rotatable bonds is 6. The van der Waals surface area contributed by atoms with Crippen LogP contribution in [0.15, 0.2) is 0 Å². The average Bonchev–Trinajstić information content (AvgIpc) is 3.85. The molecular weight excluding hydrogens is 656 g/mol. The highest BCUT2D eigenvalue weighted by atomic mass is 16.7. The number of hydrogen-bond acceptors (Lipinski definition) is 12. The zero-order valence-corrected chi connectivity index (χ0v) is 33.7. The fraction of sp³-hybridized carbons (Fsp3) is 0.974. The van der Waals surface area contributed by atoms with Crippen LogP contribution < -0.4 is 5.32 Å². The summed E-state index contributed by atoms with van der Waals surface area (Å²) in [6, 6.07) is -0.783. The zero-order chi connectivity index (χ0) is 38.4. The normalized spacial score (nSPS) is 48.5. The summed E-state index contributed by atoms with van der Waals surface area (Å²) in [5.41, 5.74) is -3.21. The van der Waals surface area contributed by atoms with Gasteiger partial charge in [-0.05, 0) is 106 Å². The third kappa shape index (κ3) is 8.97. The van der Waals surface area contributed by atoms with Gasteiger partial charge in [0.1, 0.15) is 23.9 Å². The molecule has 4 aliphatic rings. The summed E-state index contributed by atoms with van der Waals surface area (Å²) in [5.74, 6) is -2.25.